The average molecular weight is 305 g/mol. The molecule has 0 N–H and O–H groups in total. The molecule has 0 aliphatic carbocycles. The first-order valence-corrected chi connectivity index (χ1v) is 6.36. The highest BCUT2D eigenvalue weighted by atomic mass is 79.9. The van der Waals surface area contributed by atoms with Gasteiger partial charge < -0.3 is 4.74 Å². The summed E-state index contributed by atoms with van der Waals surface area (Å²) < 4.78 is 6.19. The standard InChI is InChI=1S/C15H13BrO2/c1-10-3-4-12(9-14(10)18-2)15(17)11-5-7-13(16)8-6-11/h3-9H,1-2H3. The second-order valence-corrected chi connectivity index (χ2v) is 4.94. The highest BCUT2D eigenvalue weighted by molar-refractivity contribution is 9.10. The Labute approximate surface area is 115 Å². The Kier molecular flexibility index (Phi) is 3.82. The highest BCUT2D eigenvalue weighted by Gasteiger charge is 2.10. The van der Waals surface area contributed by atoms with Crippen molar-refractivity contribution in [3.8, 4) is 5.75 Å². The van der Waals surface area contributed by atoms with Crippen LogP contribution in [0.2, 0.25) is 0 Å². The molecule has 0 amide bonds. The van der Waals surface area contributed by atoms with Crippen molar-refractivity contribution >= 4 is 21.7 Å². The number of hydrogen-bond donors (Lipinski definition) is 0. The maximum atomic E-state index is 12.3. The van der Waals surface area contributed by atoms with E-state index in [4.69, 9.17) is 4.74 Å². The first-order chi connectivity index (χ1) is 8.61. The van der Waals surface area contributed by atoms with Crippen molar-refractivity contribution in [2.75, 3.05) is 7.11 Å². The first kappa shape index (κ1) is 12.8. The Morgan fingerprint density at radius 1 is 1.06 bits per heavy atom. The van der Waals surface area contributed by atoms with Crippen LogP contribution in [0.3, 0.4) is 0 Å². The zero-order chi connectivity index (χ0) is 13.1. The fraction of sp³-hybridized carbons (Fsp3) is 0.133. The monoisotopic (exact) mass is 304 g/mol. The van der Waals surface area contributed by atoms with Crippen LogP contribution in [0, 0.1) is 6.92 Å². The maximum absolute atomic E-state index is 12.3. The molecule has 0 unspecified atom stereocenters. The van der Waals surface area contributed by atoms with E-state index in [1.807, 2.05) is 31.2 Å². The summed E-state index contributed by atoms with van der Waals surface area (Å²) in [7, 11) is 1.61. The zero-order valence-electron chi connectivity index (χ0n) is 10.2. The van der Waals surface area contributed by atoms with E-state index in [0.29, 0.717) is 11.1 Å². The molecule has 0 radical (unpaired) electrons. The van der Waals surface area contributed by atoms with Crippen LogP contribution in [0.1, 0.15) is 21.5 Å². The Hall–Kier alpha value is -1.61. The summed E-state index contributed by atoms with van der Waals surface area (Å²) in [5.74, 6) is 0.735. The second-order valence-electron chi connectivity index (χ2n) is 4.02. The number of aryl methyl sites for hydroxylation is 1. The molecule has 0 saturated carbocycles. The average Bonchev–Trinajstić information content (AvgIpc) is 2.39. The molecule has 3 heteroatoms. The van der Waals surface area contributed by atoms with Gasteiger partial charge in [0.05, 0.1) is 7.11 Å². The van der Waals surface area contributed by atoms with Gasteiger partial charge in [0.2, 0.25) is 0 Å². The van der Waals surface area contributed by atoms with Crippen LogP contribution >= 0.6 is 15.9 Å². The van der Waals surface area contributed by atoms with Gasteiger partial charge in [-0.3, -0.25) is 4.79 Å². The predicted molar refractivity (Wildman–Crippen MR) is 75.3 cm³/mol. The van der Waals surface area contributed by atoms with Gasteiger partial charge in [-0.1, -0.05) is 28.1 Å². The minimum atomic E-state index is 0.000741. The van der Waals surface area contributed by atoms with E-state index >= 15 is 0 Å². The number of halogens is 1. The van der Waals surface area contributed by atoms with Crippen molar-refractivity contribution in [1.29, 1.82) is 0 Å². The summed E-state index contributed by atoms with van der Waals surface area (Å²) in [6.07, 6.45) is 0. The van der Waals surface area contributed by atoms with Gasteiger partial charge in [0, 0.05) is 15.6 Å². The number of ether oxygens (including phenoxy) is 1. The molecular weight excluding hydrogens is 292 g/mol. The SMILES string of the molecule is COc1cc(C(=O)c2ccc(Br)cc2)ccc1C. The quantitative estimate of drug-likeness (QED) is 0.801. The van der Waals surface area contributed by atoms with Crippen LogP contribution in [0.5, 0.6) is 5.75 Å². The Morgan fingerprint density at radius 3 is 2.28 bits per heavy atom. The molecule has 2 nitrogen and oxygen atoms in total. The van der Waals surface area contributed by atoms with Crippen molar-refractivity contribution in [2.24, 2.45) is 0 Å². The third-order valence-corrected chi connectivity index (χ3v) is 3.31. The number of benzene rings is 2. The zero-order valence-corrected chi connectivity index (χ0v) is 11.8. The van der Waals surface area contributed by atoms with Crippen molar-refractivity contribution < 1.29 is 9.53 Å². The van der Waals surface area contributed by atoms with Crippen molar-refractivity contribution in [2.45, 2.75) is 6.92 Å². The minimum Gasteiger partial charge on any atom is -0.496 e. The van der Waals surface area contributed by atoms with Crippen molar-refractivity contribution in [3.05, 3.63) is 63.6 Å². The molecule has 0 aromatic heterocycles. The fourth-order valence-corrected chi connectivity index (χ4v) is 1.99. The fourth-order valence-electron chi connectivity index (χ4n) is 1.73. The molecule has 0 aliphatic heterocycles. The topological polar surface area (TPSA) is 26.3 Å². The number of methoxy groups -OCH3 is 1. The lowest BCUT2D eigenvalue weighted by Gasteiger charge is -2.07. The summed E-state index contributed by atoms with van der Waals surface area (Å²) in [4.78, 5) is 12.3. The van der Waals surface area contributed by atoms with E-state index in [0.717, 1.165) is 15.8 Å². The summed E-state index contributed by atoms with van der Waals surface area (Å²) >= 11 is 3.35. The molecule has 0 fully saturated rings. The van der Waals surface area contributed by atoms with E-state index in [1.54, 1.807) is 25.3 Å². The molecule has 2 aromatic rings. The van der Waals surface area contributed by atoms with Crippen molar-refractivity contribution in [3.63, 3.8) is 0 Å². The van der Waals surface area contributed by atoms with E-state index in [-0.39, 0.29) is 5.78 Å². The number of carbonyl (C=O) groups is 1. The molecule has 0 atom stereocenters. The predicted octanol–water partition coefficient (Wildman–Crippen LogP) is 4.00. The molecule has 0 saturated heterocycles. The lowest BCUT2D eigenvalue weighted by molar-refractivity contribution is 0.103. The van der Waals surface area contributed by atoms with Crippen LogP contribution in [0.15, 0.2) is 46.9 Å². The second kappa shape index (κ2) is 5.36. The molecule has 0 aliphatic rings. The van der Waals surface area contributed by atoms with Gasteiger partial charge in [-0.05, 0) is 42.8 Å². The summed E-state index contributed by atoms with van der Waals surface area (Å²) in [5.41, 5.74) is 2.33. The van der Waals surface area contributed by atoms with Crippen LogP contribution in [-0.2, 0) is 0 Å². The van der Waals surface area contributed by atoms with Gasteiger partial charge in [0.1, 0.15) is 5.75 Å². The van der Waals surface area contributed by atoms with E-state index in [9.17, 15) is 4.79 Å². The third kappa shape index (κ3) is 2.62. The smallest absolute Gasteiger partial charge is 0.193 e. The molecule has 0 spiro atoms. The lowest BCUT2D eigenvalue weighted by atomic mass is 10.0. The van der Waals surface area contributed by atoms with Gasteiger partial charge in [0.15, 0.2) is 5.78 Å². The molecular formula is C15H13BrO2. The summed E-state index contributed by atoms with van der Waals surface area (Å²) in [6.45, 7) is 1.95. The highest BCUT2D eigenvalue weighted by Crippen LogP contribution is 2.21. The molecule has 2 rings (SSSR count). The normalized spacial score (nSPS) is 10.2. The number of hydrogen-bond acceptors (Lipinski definition) is 2. The summed E-state index contributed by atoms with van der Waals surface area (Å²) in [6, 6.07) is 12.8. The number of rotatable bonds is 3. The van der Waals surface area contributed by atoms with Crippen LogP contribution < -0.4 is 4.74 Å². The molecule has 92 valence electrons. The largest absolute Gasteiger partial charge is 0.496 e. The van der Waals surface area contributed by atoms with E-state index in [2.05, 4.69) is 15.9 Å². The van der Waals surface area contributed by atoms with E-state index in [1.165, 1.54) is 0 Å². The molecule has 18 heavy (non-hydrogen) atoms. The Bertz CT molecular complexity index is 574. The lowest BCUT2D eigenvalue weighted by Crippen LogP contribution is -2.02. The van der Waals surface area contributed by atoms with Gasteiger partial charge in [-0.25, -0.2) is 0 Å². The first-order valence-electron chi connectivity index (χ1n) is 5.56. The Morgan fingerprint density at radius 2 is 1.67 bits per heavy atom. The minimum absolute atomic E-state index is 0.000741. The van der Waals surface area contributed by atoms with Gasteiger partial charge in [0.25, 0.3) is 0 Å². The maximum Gasteiger partial charge on any atom is 0.193 e. The van der Waals surface area contributed by atoms with Gasteiger partial charge >= 0.3 is 0 Å². The molecule has 2 aromatic carbocycles. The van der Waals surface area contributed by atoms with Crippen LogP contribution in [0.25, 0.3) is 0 Å². The Balaban J connectivity index is 2.37. The van der Waals surface area contributed by atoms with Crippen LogP contribution in [0.4, 0.5) is 0 Å². The molecule has 0 bridgehead atoms. The van der Waals surface area contributed by atoms with Gasteiger partial charge in [-0.2, -0.15) is 0 Å². The van der Waals surface area contributed by atoms with Crippen molar-refractivity contribution in [1.82, 2.24) is 0 Å². The van der Waals surface area contributed by atoms with Crippen LogP contribution in [-0.4, -0.2) is 12.9 Å². The number of carbonyl (C=O) groups excluding carboxylic acids is 1. The van der Waals surface area contributed by atoms with Gasteiger partial charge in [-0.15, -0.1) is 0 Å². The van der Waals surface area contributed by atoms with E-state index < -0.39 is 0 Å². The third-order valence-electron chi connectivity index (χ3n) is 2.78. The summed E-state index contributed by atoms with van der Waals surface area (Å²) in [5, 5.41) is 0. The number of ketones is 1. The molecule has 0 heterocycles.